The lowest BCUT2D eigenvalue weighted by molar-refractivity contribution is -0.384. The highest BCUT2D eigenvalue weighted by Crippen LogP contribution is 2.30. The fourth-order valence-corrected chi connectivity index (χ4v) is 2.33. The van der Waals surface area contributed by atoms with Crippen molar-refractivity contribution >= 4 is 11.5 Å². The molecule has 1 N–H and O–H groups in total. The van der Waals surface area contributed by atoms with Gasteiger partial charge in [-0.25, -0.2) is 0 Å². The van der Waals surface area contributed by atoms with Gasteiger partial charge in [-0.3, -0.25) is 19.7 Å². The van der Waals surface area contributed by atoms with Crippen molar-refractivity contribution in [3.05, 3.63) is 61.6 Å². The van der Waals surface area contributed by atoms with Crippen LogP contribution in [0.5, 0.6) is 0 Å². The lowest BCUT2D eigenvalue weighted by Crippen LogP contribution is -2.18. The number of nitro benzene ring substituents is 1. The summed E-state index contributed by atoms with van der Waals surface area (Å²) in [4.78, 5) is 36.6. The van der Waals surface area contributed by atoms with Crippen LogP contribution in [0.4, 0.5) is 5.69 Å². The Morgan fingerprint density at radius 1 is 1.41 bits per heavy atom. The number of nitro groups is 1. The minimum Gasteiger partial charge on any atom is -0.325 e. The number of nitrogens with zero attached hydrogens (tertiary/aromatic N) is 2. The van der Waals surface area contributed by atoms with E-state index in [1.165, 1.54) is 31.2 Å². The van der Waals surface area contributed by atoms with Crippen LogP contribution in [-0.4, -0.2) is 15.7 Å². The SMILES string of the molecule is CC(=O)c1c(C)[nH]c(=O)c(C#N)c1-c1cccc([N+](=O)[O-])c1. The van der Waals surface area contributed by atoms with Crippen molar-refractivity contribution in [2.45, 2.75) is 13.8 Å². The van der Waals surface area contributed by atoms with E-state index in [4.69, 9.17) is 0 Å². The van der Waals surface area contributed by atoms with Crippen LogP contribution in [0.2, 0.25) is 0 Å². The zero-order chi connectivity index (χ0) is 16.4. The van der Waals surface area contributed by atoms with Gasteiger partial charge in [0.1, 0.15) is 11.6 Å². The van der Waals surface area contributed by atoms with Gasteiger partial charge in [-0.2, -0.15) is 5.26 Å². The van der Waals surface area contributed by atoms with Crippen molar-refractivity contribution in [1.29, 1.82) is 5.26 Å². The van der Waals surface area contributed by atoms with Crippen LogP contribution in [-0.2, 0) is 0 Å². The number of H-pyrrole nitrogens is 1. The second-order valence-corrected chi connectivity index (χ2v) is 4.68. The third-order valence-corrected chi connectivity index (χ3v) is 3.21. The van der Waals surface area contributed by atoms with Gasteiger partial charge in [-0.05, 0) is 19.4 Å². The number of hydrogen-bond acceptors (Lipinski definition) is 5. The normalized spacial score (nSPS) is 10.0. The number of nitriles is 1. The fourth-order valence-electron chi connectivity index (χ4n) is 2.33. The number of nitrogens with one attached hydrogen (secondary N) is 1. The molecule has 0 fully saturated rings. The molecule has 0 spiro atoms. The Kier molecular flexibility index (Phi) is 3.86. The number of Topliss-reactive ketones (excluding diaryl/α,β-unsaturated/α-hetero) is 1. The Morgan fingerprint density at radius 2 is 2.09 bits per heavy atom. The predicted octanol–water partition coefficient (Wildman–Crippen LogP) is 2.33. The van der Waals surface area contributed by atoms with Crippen molar-refractivity contribution in [3.63, 3.8) is 0 Å². The Balaban J connectivity index is 2.93. The second kappa shape index (κ2) is 5.61. The van der Waals surface area contributed by atoms with Gasteiger partial charge in [0.2, 0.25) is 0 Å². The number of aromatic nitrogens is 1. The number of aryl methyl sites for hydroxylation is 1. The Hall–Kier alpha value is -3.27. The molecule has 0 saturated carbocycles. The topological polar surface area (TPSA) is 117 Å². The molecule has 1 heterocycles. The smallest absolute Gasteiger partial charge is 0.270 e. The molecule has 0 aliphatic carbocycles. The van der Waals surface area contributed by atoms with Crippen LogP contribution >= 0.6 is 0 Å². The maximum atomic E-state index is 11.9. The van der Waals surface area contributed by atoms with E-state index in [0.717, 1.165) is 0 Å². The number of carbonyl (C=O) groups excluding carboxylic acids is 1. The number of benzene rings is 1. The summed E-state index contributed by atoms with van der Waals surface area (Å²) in [6, 6.07) is 7.26. The average molecular weight is 297 g/mol. The Bertz CT molecular complexity index is 891. The van der Waals surface area contributed by atoms with Gasteiger partial charge in [0.05, 0.1) is 4.92 Å². The molecule has 0 saturated heterocycles. The summed E-state index contributed by atoms with van der Waals surface area (Å²) in [7, 11) is 0. The first kappa shape index (κ1) is 15.1. The Morgan fingerprint density at radius 3 is 2.64 bits per heavy atom. The van der Waals surface area contributed by atoms with Crippen molar-refractivity contribution in [1.82, 2.24) is 4.98 Å². The first-order chi connectivity index (χ1) is 10.4. The number of carbonyl (C=O) groups is 1. The van der Waals surface area contributed by atoms with Crippen molar-refractivity contribution in [3.8, 4) is 17.2 Å². The van der Waals surface area contributed by atoms with Gasteiger partial charge in [-0.1, -0.05) is 12.1 Å². The van der Waals surface area contributed by atoms with Gasteiger partial charge in [0, 0.05) is 29.0 Å². The number of aromatic amines is 1. The standard InChI is InChI=1S/C15H11N3O4/c1-8-13(9(2)19)14(12(7-16)15(20)17-8)10-4-3-5-11(6-10)18(21)22/h3-6H,1-2H3,(H,17,20). The molecule has 0 aliphatic heterocycles. The maximum Gasteiger partial charge on any atom is 0.270 e. The first-order valence-corrected chi connectivity index (χ1v) is 6.29. The molecular formula is C15H11N3O4. The van der Waals surface area contributed by atoms with E-state index >= 15 is 0 Å². The zero-order valence-electron chi connectivity index (χ0n) is 11.8. The third kappa shape index (κ3) is 2.50. The largest absolute Gasteiger partial charge is 0.325 e. The number of hydrogen-bond donors (Lipinski definition) is 1. The summed E-state index contributed by atoms with van der Waals surface area (Å²) in [6.07, 6.45) is 0. The second-order valence-electron chi connectivity index (χ2n) is 4.68. The summed E-state index contributed by atoms with van der Waals surface area (Å²) in [6.45, 7) is 2.85. The molecule has 2 rings (SSSR count). The molecule has 0 atom stereocenters. The molecule has 0 bridgehead atoms. The summed E-state index contributed by atoms with van der Waals surface area (Å²) < 4.78 is 0. The van der Waals surface area contributed by atoms with E-state index in [2.05, 4.69) is 4.98 Å². The number of rotatable bonds is 3. The maximum absolute atomic E-state index is 11.9. The molecular weight excluding hydrogens is 286 g/mol. The summed E-state index contributed by atoms with van der Waals surface area (Å²) >= 11 is 0. The quantitative estimate of drug-likeness (QED) is 0.530. The average Bonchev–Trinajstić information content (AvgIpc) is 2.46. The molecule has 0 unspecified atom stereocenters. The Labute approximate surface area is 125 Å². The van der Waals surface area contributed by atoms with Crippen molar-refractivity contribution in [2.75, 3.05) is 0 Å². The van der Waals surface area contributed by atoms with E-state index < -0.39 is 10.5 Å². The van der Waals surface area contributed by atoms with Gasteiger partial charge in [0.15, 0.2) is 5.78 Å². The molecule has 22 heavy (non-hydrogen) atoms. The minimum absolute atomic E-state index is 0.125. The molecule has 0 amide bonds. The summed E-state index contributed by atoms with van der Waals surface area (Å²) in [5, 5.41) is 20.1. The summed E-state index contributed by atoms with van der Waals surface area (Å²) in [5.74, 6) is -0.341. The van der Waals surface area contributed by atoms with E-state index in [1.54, 1.807) is 13.0 Å². The van der Waals surface area contributed by atoms with Gasteiger partial charge < -0.3 is 4.98 Å². The lowest BCUT2D eigenvalue weighted by Gasteiger charge is -2.11. The molecule has 2 aromatic rings. The number of non-ortho nitro benzene ring substituents is 1. The van der Waals surface area contributed by atoms with Crippen molar-refractivity contribution < 1.29 is 9.72 Å². The molecule has 1 aromatic carbocycles. The molecule has 7 nitrogen and oxygen atoms in total. The van der Waals surface area contributed by atoms with E-state index in [1.807, 2.05) is 0 Å². The summed E-state index contributed by atoms with van der Waals surface area (Å²) in [5.41, 5.74) is -0.156. The van der Waals surface area contributed by atoms with E-state index in [0.29, 0.717) is 5.69 Å². The first-order valence-electron chi connectivity index (χ1n) is 6.29. The predicted molar refractivity (Wildman–Crippen MR) is 78.6 cm³/mol. The molecule has 0 aliphatic rings. The zero-order valence-corrected chi connectivity index (χ0v) is 11.8. The van der Waals surface area contributed by atoms with E-state index in [-0.39, 0.29) is 33.7 Å². The highest BCUT2D eigenvalue weighted by Gasteiger charge is 2.21. The number of pyridine rings is 1. The minimum atomic E-state index is -0.633. The van der Waals surface area contributed by atoms with Gasteiger partial charge in [-0.15, -0.1) is 0 Å². The van der Waals surface area contributed by atoms with Crippen LogP contribution in [0.15, 0.2) is 29.1 Å². The van der Waals surface area contributed by atoms with E-state index in [9.17, 15) is 25.0 Å². The highest BCUT2D eigenvalue weighted by molar-refractivity contribution is 6.03. The molecule has 7 heteroatoms. The highest BCUT2D eigenvalue weighted by atomic mass is 16.6. The third-order valence-electron chi connectivity index (χ3n) is 3.21. The van der Waals surface area contributed by atoms with Gasteiger partial charge >= 0.3 is 0 Å². The molecule has 1 aromatic heterocycles. The molecule has 0 radical (unpaired) electrons. The van der Waals surface area contributed by atoms with Crippen LogP contribution in [0.1, 0.15) is 28.5 Å². The molecule has 110 valence electrons. The van der Waals surface area contributed by atoms with Crippen LogP contribution in [0, 0.1) is 28.4 Å². The van der Waals surface area contributed by atoms with Gasteiger partial charge in [0.25, 0.3) is 11.2 Å². The van der Waals surface area contributed by atoms with Crippen molar-refractivity contribution in [2.24, 2.45) is 0 Å². The van der Waals surface area contributed by atoms with Crippen LogP contribution < -0.4 is 5.56 Å². The fraction of sp³-hybridized carbons (Fsp3) is 0.133. The number of ketones is 1. The van der Waals surface area contributed by atoms with Crippen LogP contribution in [0.25, 0.3) is 11.1 Å². The monoisotopic (exact) mass is 297 g/mol. The van der Waals surface area contributed by atoms with Crippen LogP contribution in [0.3, 0.4) is 0 Å². The lowest BCUT2D eigenvalue weighted by atomic mass is 9.92.